The molecule has 1 aliphatic heterocycles. The lowest BCUT2D eigenvalue weighted by atomic mass is 10.1. The molecule has 0 radical (unpaired) electrons. The van der Waals surface area contributed by atoms with Gasteiger partial charge in [-0.05, 0) is 12.8 Å². The predicted molar refractivity (Wildman–Crippen MR) is 55.7 cm³/mol. The lowest BCUT2D eigenvalue weighted by Crippen LogP contribution is -2.36. The second-order valence-corrected chi connectivity index (χ2v) is 4.04. The number of aliphatic hydroxyl groups excluding tert-OH is 1. The smallest absolute Gasteiger partial charge is 0.323 e. The van der Waals surface area contributed by atoms with Crippen molar-refractivity contribution in [2.24, 2.45) is 5.73 Å². The Kier molecular flexibility index (Phi) is 2.93. The van der Waals surface area contributed by atoms with Crippen molar-refractivity contribution in [1.82, 2.24) is 9.55 Å². The number of nitrogens with two attached hydrogens (primary N) is 1. The summed E-state index contributed by atoms with van der Waals surface area (Å²) in [5.41, 5.74) is 5.70. The number of aliphatic hydroxyl groups is 1. The number of fused-ring (bicyclic) bond motifs is 1. The van der Waals surface area contributed by atoms with Crippen molar-refractivity contribution in [3.63, 3.8) is 0 Å². The van der Waals surface area contributed by atoms with Gasteiger partial charge in [-0.15, -0.1) is 0 Å². The van der Waals surface area contributed by atoms with Crippen LogP contribution in [0, 0.1) is 0 Å². The third kappa shape index (κ3) is 1.94. The fourth-order valence-electron chi connectivity index (χ4n) is 1.90. The van der Waals surface area contributed by atoms with Crippen molar-refractivity contribution in [3.8, 4) is 0 Å². The van der Waals surface area contributed by atoms with E-state index >= 15 is 0 Å². The van der Waals surface area contributed by atoms with E-state index in [2.05, 4.69) is 4.98 Å². The highest BCUT2D eigenvalue weighted by Crippen LogP contribution is 2.20. The molecule has 2 atom stereocenters. The van der Waals surface area contributed by atoms with E-state index in [1.807, 2.05) is 4.57 Å². The monoisotopic (exact) mass is 225 g/mol. The average Bonchev–Trinajstić information content (AvgIpc) is 2.70. The SMILES string of the molecule is NC(C(=O)O)C(O)c1cn2c(n1)CCCC2. The quantitative estimate of drug-likeness (QED) is 0.653. The van der Waals surface area contributed by atoms with Crippen LogP contribution in [0.25, 0.3) is 0 Å². The molecule has 0 spiro atoms. The second-order valence-electron chi connectivity index (χ2n) is 4.04. The Hall–Kier alpha value is -1.40. The van der Waals surface area contributed by atoms with E-state index in [0.29, 0.717) is 5.69 Å². The van der Waals surface area contributed by atoms with Gasteiger partial charge in [0, 0.05) is 19.2 Å². The number of rotatable bonds is 3. The molecule has 6 nitrogen and oxygen atoms in total. The van der Waals surface area contributed by atoms with Crippen molar-refractivity contribution in [1.29, 1.82) is 0 Å². The molecule has 16 heavy (non-hydrogen) atoms. The van der Waals surface area contributed by atoms with Crippen LogP contribution in [0.4, 0.5) is 0 Å². The highest BCUT2D eigenvalue weighted by Gasteiger charge is 2.27. The summed E-state index contributed by atoms with van der Waals surface area (Å²) < 4.78 is 1.95. The van der Waals surface area contributed by atoms with Crippen molar-refractivity contribution < 1.29 is 15.0 Å². The molecule has 0 saturated carbocycles. The number of aromatic nitrogens is 2. The van der Waals surface area contributed by atoms with Crippen molar-refractivity contribution in [3.05, 3.63) is 17.7 Å². The highest BCUT2D eigenvalue weighted by atomic mass is 16.4. The first kappa shape index (κ1) is 11.1. The minimum atomic E-state index is -1.32. The average molecular weight is 225 g/mol. The molecular weight excluding hydrogens is 210 g/mol. The van der Waals surface area contributed by atoms with Gasteiger partial charge in [-0.25, -0.2) is 4.98 Å². The number of hydrogen-bond donors (Lipinski definition) is 3. The highest BCUT2D eigenvalue weighted by molar-refractivity contribution is 5.74. The van der Waals surface area contributed by atoms with Crippen LogP contribution < -0.4 is 5.73 Å². The van der Waals surface area contributed by atoms with Gasteiger partial charge in [-0.1, -0.05) is 0 Å². The van der Waals surface area contributed by atoms with Crippen LogP contribution >= 0.6 is 0 Å². The molecule has 6 heteroatoms. The summed E-state index contributed by atoms with van der Waals surface area (Å²) in [4.78, 5) is 14.9. The largest absolute Gasteiger partial charge is 0.480 e. The Morgan fingerprint density at radius 1 is 1.56 bits per heavy atom. The zero-order chi connectivity index (χ0) is 11.7. The normalized spacial score (nSPS) is 18.9. The van der Waals surface area contributed by atoms with Crippen LogP contribution in [0.15, 0.2) is 6.20 Å². The van der Waals surface area contributed by atoms with Gasteiger partial charge in [0.25, 0.3) is 0 Å². The van der Waals surface area contributed by atoms with Crippen molar-refractivity contribution in [2.45, 2.75) is 38.0 Å². The van der Waals surface area contributed by atoms with Gasteiger partial charge in [0.05, 0.1) is 5.69 Å². The van der Waals surface area contributed by atoms with Gasteiger partial charge in [-0.2, -0.15) is 0 Å². The first-order valence-corrected chi connectivity index (χ1v) is 5.32. The molecule has 0 amide bonds. The standard InChI is InChI=1S/C10H15N3O3/c11-8(10(15)16)9(14)6-5-13-4-2-1-3-7(13)12-6/h5,8-9,14H,1-4,11H2,(H,15,16). The Labute approximate surface area is 92.7 Å². The molecule has 1 aliphatic rings. The van der Waals surface area contributed by atoms with Crippen molar-refractivity contribution in [2.75, 3.05) is 0 Å². The fraction of sp³-hybridized carbons (Fsp3) is 0.600. The first-order valence-electron chi connectivity index (χ1n) is 5.32. The number of imidazole rings is 1. The predicted octanol–water partition coefficient (Wildman–Crippen LogP) is -0.335. The Morgan fingerprint density at radius 2 is 2.31 bits per heavy atom. The molecule has 0 bridgehead atoms. The van der Waals surface area contributed by atoms with Crippen LogP contribution in [-0.2, 0) is 17.8 Å². The molecule has 1 aromatic heterocycles. The van der Waals surface area contributed by atoms with Gasteiger partial charge in [-0.3, -0.25) is 4.79 Å². The van der Waals surface area contributed by atoms with Crippen LogP contribution in [0.1, 0.15) is 30.5 Å². The number of aliphatic carboxylic acids is 1. The van der Waals surface area contributed by atoms with Crippen molar-refractivity contribution >= 4 is 5.97 Å². The molecule has 0 aromatic carbocycles. The number of hydrogen-bond acceptors (Lipinski definition) is 4. The van der Waals surface area contributed by atoms with Crippen LogP contribution in [0.5, 0.6) is 0 Å². The van der Waals surface area contributed by atoms with E-state index in [0.717, 1.165) is 31.6 Å². The first-order chi connectivity index (χ1) is 7.59. The number of nitrogens with zero attached hydrogens (tertiary/aromatic N) is 2. The summed E-state index contributed by atoms with van der Waals surface area (Å²) in [6.07, 6.45) is 3.49. The molecule has 2 heterocycles. The third-order valence-corrected chi connectivity index (χ3v) is 2.86. The van der Waals surface area contributed by atoms with Gasteiger partial charge in [0.1, 0.15) is 18.0 Å². The van der Waals surface area contributed by atoms with E-state index in [1.165, 1.54) is 0 Å². The summed E-state index contributed by atoms with van der Waals surface area (Å²) in [5.74, 6) is -0.323. The number of carboxylic acids is 1. The van der Waals surface area contributed by atoms with E-state index in [1.54, 1.807) is 6.20 Å². The minimum absolute atomic E-state index is 0.354. The molecule has 0 saturated heterocycles. The molecular formula is C10H15N3O3. The van der Waals surface area contributed by atoms with Crippen LogP contribution in [0.2, 0.25) is 0 Å². The van der Waals surface area contributed by atoms with Gasteiger partial charge < -0.3 is 20.5 Å². The fourth-order valence-corrected chi connectivity index (χ4v) is 1.90. The third-order valence-electron chi connectivity index (χ3n) is 2.86. The molecule has 2 rings (SSSR count). The van der Waals surface area contributed by atoms with Crippen LogP contribution in [-0.4, -0.2) is 31.8 Å². The molecule has 4 N–H and O–H groups in total. The molecule has 0 fully saturated rings. The molecule has 2 unspecified atom stereocenters. The van der Waals surface area contributed by atoms with Gasteiger partial charge in [0.15, 0.2) is 0 Å². The van der Waals surface area contributed by atoms with Crippen LogP contribution in [0.3, 0.4) is 0 Å². The van der Waals surface area contributed by atoms with Gasteiger partial charge in [0.2, 0.25) is 0 Å². The molecule has 0 aliphatic carbocycles. The Balaban J connectivity index is 2.20. The second kappa shape index (κ2) is 4.23. The number of carbonyl (C=O) groups is 1. The topological polar surface area (TPSA) is 101 Å². The number of aryl methyl sites for hydroxylation is 2. The molecule has 1 aromatic rings. The maximum absolute atomic E-state index is 10.6. The summed E-state index contributed by atoms with van der Waals surface area (Å²) in [6, 6.07) is -1.32. The Morgan fingerprint density at radius 3 is 2.94 bits per heavy atom. The van der Waals surface area contributed by atoms with E-state index in [4.69, 9.17) is 10.8 Å². The number of carboxylic acid groups (broad SMARTS) is 1. The van der Waals surface area contributed by atoms with E-state index < -0.39 is 18.1 Å². The summed E-state index contributed by atoms with van der Waals surface area (Å²) in [5, 5.41) is 18.4. The lowest BCUT2D eigenvalue weighted by molar-refractivity contribution is -0.141. The summed E-state index contributed by atoms with van der Waals surface area (Å²) >= 11 is 0. The zero-order valence-electron chi connectivity index (χ0n) is 8.83. The minimum Gasteiger partial charge on any atom is -0.480 e. The van der Waals surface area contributed by atoms with Gasteiger partial charge >= 0.3 is 5.97 Å². The van der Waals surface area contributed by atoms with E-state index in [-0.39, 0.29) is 0 Å². The summed E-state index contributed by atoms with van der Waals surface area (Å²) in [7, 11) is 0. The van der Waals surface area contributed by atoms with E-state index in [9.17, 15) is 9.90 Å². The summed E-state index contributed by atoms with van der Waals surface area (Å²) in [6.45, 7) is 0.872. The zero-order valence-corrected chi connectivity index (χ0v) is 8.83. The maximum Gasteiger partial charge on any atom is 0.323 e. The Bertz CT molecular complexity index is 379. The maximum atomic E-state index is 10.6. The lowest BCUT2D eigenvalue weighted by Gasteiger charge is -2.12. The molecule has 88 valence electrons.